The van der Waals surface area contributed by atoms with Crippen molar-refractivity contribution in [3.05, 3.63) is 0 Å². The van der Waals surface area contributed by atoms with Crippen LogP contribution in [0.15, 0.2) is 0 Å². The lowest BCUT2D eigenvalue weighted by molar-refractivity contribution is 0.196. The molecule has 2 aliphatic rings. The van der Waals surface area contributed by atoms with E-state index in [0.717, 1.165) is 38.7 Å². The Hall–Kier alpha value is -0.260. The first-order valence-corrected chi connectivity index (χ1v) is 9.80. The molecule has 120 valence electrons. The quantitative estimate of drug-likeness (QED) is 0.554. The lowest BCUT2D eigenvalue weighted by Gasteiger charge is -2.07. The van der Waals surface area contributed by atoms with Crippen molar-refractivity contribution in [2.24, 2.45) is 5.92 Å². The molecule has 0 aromatic carbocycles. The number of rotatable bonds is 4. The van der Waals surface area contributed by atoms with Gasteiger partial charge in [-0.2, -0.15) is 16.8 Å². The lowest BCUT2D eigenvalue weighted by atomic mass is 10.2. The van der Waals surface area contributed by atoms with Crippen LogP contribution >= 0.6 is 0 Å². The standard InChI is InChI=1S/C6H13NO5S2.C4H9NO/c1-13(8,9)12-14(10,11)5-6-2-3-7-4-6;6-4-1-2-5-3-4/h6-7H,2-5H2,1H3;4-6H,1-3H2/t6-;4-/m00/s1. The summed E-state index contributed by atoms with van der Waals surface area (Å²) in [4.78, 5) is 0. The van der Waals surface area contributed by atoms with E-state index in [1.54, 1.807) is 0 Å². The Balaban J connectivity index is 0.000000276. The van der Waals surface area contributed by atoms with Gasteiger partial charge >= 0.3 is 0 Å². The van der Waals surface area contributed by atoms with Crippen LogP contribution in [0.25, 0.3) is 0 Å². The van der Waals surface area contributed by atoms with Crippen LogP contribution in [0.2, 0.25) is 0 Å². The van der Waals surface area contributed by atoms with Crippen LogP contribution < -0.4 is 10.6 Å². The van der Waals surface area contributed by atoms with Crippen LogP contribution in [0, 0.1) is 5.92 Å². The third kappa shape index (κ3) is 8.12. The van der Waals surface area contributed by atoms with Crippen molar-refractivity contribution in [2.75, 3.05) is 38.2 Å². The first-order chi connectivity index (χ1) is 9.18. The van der Waals surface area contributed by atoms with E-state index in [2.05, 4.69) is 14.3 Å². The monoisotopic (exact) mass is 330 g/mol. The Kier molecular flexibility index (Phi) is 6.82. The van der Waals surface area contributed by atoms with Gasteiger partial charge in [0.05, 0.1) is 18.1 Å². The first-order valence-electron chi connectivity index (χ1n) is 6.41. The van der Waals surface area contributed by atoms with Crippen molar-refractivity contribution in [2.45, 2.75) is 18.9 Å². The third-order valence-electron chi connectivity index (χ3n) is 2.86. The fourth-order valence-corrected chi connectivity index (χ4v) is 4.59. The summed E-state index contributed by atoms with van der Waals surface area (Å²) in [5.41, 5.74) is 0. The second kappa shape index (κ2) is 7.66. The summed E-state index contributed by atoms with van der Waals surface area (Å²) in [7, 11) is -7.88. The average Bonchev–Trinajstić information content (AvgIpc) is 2.87. The number of hydrogen-bond donors (Lipinski definition) is 3. The van der Waals surface area contributed by atoms with Crippen LogP contribution in [0.3, 0.4) is 0 Å². The smallest absolute Gasteiger partial charge is 0.282 e. The molecule has 0 aliphatic carbocycles. The molecule has 10 heteroatoms. The molecule has 0 bridgehead atoms. The van der Waals surface area contributed by atoms with Gasteiger partial charge in [0, 0.05) is 6.54 Å². The SMILES string of the molecule is CS(=O)(=O)OS(=O)(=O)C[C@H]1CCNC1.O[C@H]1CCNC1. The van der Waals surface area contributed by atoms with E-state index in [-0.39, 0.29) is 17.8 Å². The molecule has 2 atom stereocenters. The molecular formula is C10H22N2O6S2. The van der Waals surface area contributed by atoms with Crippen LogP contribution in [0.5, 0.6) is 0 Å². The predicted octanol–water partition coefficient (Wildman–Crippen LogP) is -1.76. The fraction of sp³-hybridized carbons (Fsp3) is 1.00. The summed E-state index contributed by atoms with van der Waals surface area (Å²) in [6.45, 7) is 3.13. The highest BCUT2D eigenvalue weighted by Crippen LogP contribution is 2.12. The van der Waals surface area contributed by atoms with E-state index in [1.807, 2.05) is 0 Å². The van der Waals surface area contributed by atoms with Crippen molar-refractivity contribution in [3.8, 4) is 0 Å². The van der Waals surface area contributed by atoms with Gasteiger partial charge in [-0.1, -0.05) is 0 Å². The Morgan fingerprint density at radius 1 is 1.10 bits per heavy atom. The maximum absolute atomic E-state index is 11.2. The summed E-state index contributed by atoms with van der Waals surface area (Å²) >= 11 is 0. The highest BCUT2D eigenvalue weighted by atomic mass is 32.3. The zero-order chi connectivity index (χ0) is 15.2. The van der Waals surface area contributed by atoms with Gasteiger partial charge in [0.25, 0.3) is 20.2 Å². The fourth-order valence-electron chi connectivity index (χ4n) is 2.00. The van der Waals surface area contributed by atoms with E-state index >= 15 is 0 Å². The minimum absolute atomic E-state index is 0.0539. The maximum atomic E-state index is 11.2. The molecule has 3 N–H and O–H groups in total. The third-order valence-corrected chi connectivity index (χ3v) is 5.56. The Bertz CT molecular complexity index is 478. The van der Waals surface area contributed by atoms with Crippen molar-refractivity contribution in [3.63, 3.8) is 0 Å². The predicted molar refractivity (Wildman–Crippen MR) is 74.2 cm³/mol. The van der Waals surface area contributed by atoms with Gasteiger partial charge in [0.2, 0.25) is 0 Å². The van der Waals surface area contributed by atoms with Crippen LogP contribution in [-0.4, -0.2) is 66.2 Å². The van der Waals surface area contributed by atoms with Gasteiger partial charge in [0.15, 0.2) is 0 Å². The normalized spacial score (nSPS) is 27.1. The topological polar surface area (TPSA) is 122 Å². The van der Waals surface area contributed by atoms with Crippen molar-refractivity contribution < 1.29 is 25.6 Å². The molecule has 0 radical (unpaired) electrons. The van der Waals surface area contributed by atoms with Gasteiger partial charge in [-0.3, -0.25) is 0 Å². The average molecular weight is 330 g/mol. The number of β-amino-alcohol motifs (C(OH)–C–C–N with tert-alkyl or cyclic N) is 1. The summed E-state index contributed by atoms with van der Waals surface area (Å²) in [6.07, 6.45) is 2.31. The molecule has 2 fully saturated rings. The van der Waals surface area contributed by atoms with Gasteiger partial charge in [-0.15, -0.1) is 3.63 Å². The summed E-state index contributed by atoms with van der Waals surface area (Å²) in [5.74, 6) is -0.297. The molecule has 8 nitrogen and oxygen atoms in total. The van der Waals surface area contributed by atoms with E-state index < -0.39 is 20.2 Å². The number of aliphatic hydroxyl groups is 1. The van der Waals surface area contributed by atoms with Crippen LogP contribution in [-0.2, 0) is 23.9 Å². The molecule has 0 spiro atoms. The number of aliphatic hydroxyl groups excluding tert-OH is 1. The van der Waals surface area contributed by atoms with Gasteiger partial charge in [0.1, 0.15) is 0 Å². The summed E-state index contributed by atoms with van der Waals surface area (Å²) in [5, 5.41) is 14.7. The van der Waals surface area contributed by atoms with Crippen LogP contribution in [0.1, 0.15) is 12.8 Å². The second-order valence-corrected chi connectivity index (χ2v) is 8.40. The Labute approximate surface area is 120 Å². The van der Waals surface area contributed by atoms with Crippen molar-refractivity contribution in [1.29, 1.82) is 0 Å². The molecule has 2 aliphatic heterocycles. The van der Waals surface area contributed by atoms with E-state index in [1.165, 1.54) is 0 Å². The van der Waals surface area contributed by atoms with E-state index in [4.69, 9.17) is 5.11 Å². The van der Waals surface area contributed by atoms with Crippen LogP contribution in [0.4, 0.5) is 0 Å². The largest absolute Gasteiger partial charge is 0.392 e. The first kappa shape index (κ1) is 17.8. The zero-order valence-electron chi connectivity index (χ0n) is 11.4. The lowest BCUT2D eigenvalue weighted by Crippen LogP contribution is -2.22. The molecule has 20 heavy (non-hydrogen) atoms. The van der Waals surface area contributed by atoms with E-state index in [9.17, 15) is 16.8 Å². The maximum Gasteiger partial charge on any atom is 0.282 e. The molecule has 2 rings (SSSR count). The minimum Gasteiger partial charge on any atom is -0.392 e. The van der Waals surface area contributed by atoms with Gasteiger partial charge in [-0.25, -0.2) is 0 Å². The second-order valence-electron chi connectivity index (χ2n) is 5.00. The molecule has 0 aromatic heterocycles. The summed E-state index contributed by atoms with van der Waals surface area (Å²) in [6, 6.07) is 0. The molecule has 0 saturated carbocycles. The highest BCUT2D eigenvalue weighted by molar-refractivity contribution is 7.99. The summed E-state index contributed by atoms with van der Waals surface area (Å²) < 4.78 is 47.6. The molecular weight excluding hydrogens is 308 g/mol. The Morgan fingerprint density at radius 3 is 2.05 bits per heavy atom. The van der Waals surface area contributed by atoms with Gasteiger partial charge < -0.3 is 15.7 Å². The number of nitrogens with one attached hydrogen (secondary N) is 2. The van der Waals surface area contributed by atoms with Crippen molar-refractivity contribution in [1.82, 2.24) is 10.6 Å². The minimum atomic E-state index is -3.95. The Morgan fingerprint density at radius 2 is 1.70 bits per heavy atom. The molecule has 2 heterocycles. The highest BCUT2D eigenvalue weighted by Gasteiger charge is 2.25. The molecule has 2 saturated heterocycles. The van der Waals surface area contributed by atoms with Gasteiger partial charge in [-0.05, 0) is 38.4 Å². The molecule has 0 amide bonds. The van der Waals surface area contributed by atoms with E-state index in [0.29, 0.717) is 6.54 Å². The molecule has 0 aromatic rings. The van der Waals surface area contributed by atoms with Crippen molar-refractivity contribution >= 4 is 20.2 Å². The zero-order valence-corrected chi connectivity index (χ0v) is 13.0. The molecule has 0 unspecified atom stereocenters. The number of hydrogen-bond acceptors (Lipinski definition) is 8.